The smallest absolute Gasteiger partial charge is 0.247 e. The quantitative estimate of drug-likeness (QED) is 0.352. The Morgan fingerprint density at radius 2 is 2.35 bits per heavy atom. The number of carbonyl (C=O) groups excluding carboxylic acids is 1. The molecule has 1 unspecified atom stereocenters. The third-order valence-corrected chi connectivity index (χ3v) is 3.57. The van der Waals surface area contributed by atoms with Crippen LogP contribution in [0.5, 0.6) is 5.75 Å². The van der Waals surface area contributed by atoms with Crippen molar-refractivity contribution in [2.24, 2.45) is 5.84 Å². The minimum absolute atomic E-state index is 0.139. The van der Waals surface area contributed by atoms with Gasteiger partial charge in [-0.2, -0.15) is 0 Å². The van der Waals surface area contributed by atoms with Crippen LogP contribution in [-0.2, 0) is 4.79 Å². The van der Waals surface area contributed by atoms with Crippen molar-refractivity contribution < 1.29 is 9.53 Å². The number of amides is 1. The fourth-order valence-electron chi connectivity index (χ4n) is 1.44. The molecule has 1 aromatic rings. The molecule has 0 bridgehead atoms. The van der Waals surface area contributed by atoms with Crippen LogP contribution >= 0.6 is 11.8 Å². The Labute approximate surface area is 106 Å². The molecule has 1 aromatic carbocycles. The lowest BCUT2D eigenvalue weighted by Gasteiger charge is -2.14. The predicted molar refractivity (Wildman–Crippen MR) is 69.9 cm³/mol. The van der Waals surface area contributed by atoms with E-state index < -0.39 is 0 Å². The van der Waals surface area contributed by atoms with Crippen molar-refractivity contribution >= 4 is 17.7 Å². The number of hydrogen-bond donors (Lipinski definition) is 2. The van der Waals surface area contributed by atoms with Crippen LogP contribution in [0.2, 0.25) is 0 Å². The monoisotopic (exact) mass is 254 g/mol. The molecule has 0 radical (unpaired) electrons. The molecule has 3 N–H and O–H groups in total. The first kappa shape index (κ1) is 13.9. The number of benzene rings is 1. The van der Waals surface area contributed by atoms with Gasteiger partial charge < -0.3 is 4.74 Å². The van der Waals surface area contributed by atoms with E-state index in [2.05, 4.69) is 5.43 Å². The van der Waals surface area contributed by atoms with Gasteiger partial charge in [-0.05, 0) is 24.6 Å². The molecule has 17 heavy (non-hydrogen) atoms. The Morgan fingerprint density at radius 3 is 2.94 bits per heavy atom. The van der Waals surface area contributed by atoms with Gasteiger partial charge in [0.25, 0.3) is 0 Å². The molecule has 1 atom stereocenters. The van der Waals surface area contributed by atoms with E-state index in [9.17, 15) is 4.79 Å². The zero-order valence-electron chi connectivity index (χ0n) is 10.1. The van der Waals surface area contributed by atoms with E-state index in [0.29, 0.717) is 0 Å². The lowest BCUT2D eigenvalue weighted by Crippen LogP contribution is -2.37. The summed E-state index contributed by atoms with van der Waals surface area (Å²) >= 11 is 1.50. The van der Waals surface area contributed by atoms with E-state index in [1.54, 1.807) is 7.11 Å². The number of nitrogens with two attached hydrogens (primary N) is 1. The van der Waals surface area contributed by atoms with Crippen molar-refractivity contribution in [3.8, 4) is 5.75 Å². The number of ether oxygens (including phenoxy) is 1. The Morgan fingerprint density at radius 1 is 1.59 bits per heavy atom. The second-order valence-electron chi connectivity index (χ2n) is 3.58. The summed E-state index contributed by atoms with van der Waals surface area (Å²) in [6.07, 6.45) is 1.74. The topological polar surface area (TPSA) is 64.3 Å². The van der Waals surface area contributed by atoms with Gasteiger partial charge in [0.05, 0.1) is 12.4 Å². The number of carbonyl (C=O) groups is 1. The van der Waals surface area contributed by atoms with Gasteiger partial charge in [0.2, 0.25) is 5.91 Å². The van der Waals surface area contributed by atoms with Gasteiger partial charge in [-0.1, -0.05) is 19.4 Å². The van der Waals surface area contributed by atoms with Gasteiger partial charge >= 0.3 is 0 Å². The maximum Gasteiger partial charge on any atom is 0.247 e. The SMILES string of the molecule is CCCC(Sc1cccc(OC)c1)C(=O)NN. The van der Waals surface area contributed by atoms with Gasteiger partial charge in [-0.3, -0.25) is 10.2 Å². The van der Waals surface area contributed by atoms with Crippen LogP contribution in [0.1, 0.15) is 19.8 Å². The molecule has 0 spiro atoms. The van der Waals surface area contributed by atoms with E-state index in [0.717, 1.165) is 23.5 Å². The average molecular weight is 254 g/mol. The van der Waals surface area contributed by atoms with Gasteiger partial charge in [-0.15, -0.1) is 11.8 Å². The molecule has 0 aliphatic rings. The fraction of sp³-hybridized carbons (Fsp3) is 0.417. The van der Waals surface area contributed by atoms with Crippen LogP contribution in [0.4, 0.5) is 0 Å². The lowest BCUT2D eigenvalue weighted by atomic mass is 10.2. The summed E-state index contributed by atoms with van der Waals surface area (Å²) in [5.74, 6) is 5.83. The standard InChI is InChI=1S/C12H18N2O2S/c1-3-5-11(12(15)14-13)17-10-7-4-6-9(8-10)16-2/h4,6-8,11H,3,5,13H2,1-2H3,(H,14,15). The summed E-state index contributed by atoms with van der Waals surface area (Å²) in [7, 11) is 1.62. The van der Waals surface area contributed by atoms with E-state index in [-0.39, 0.29) is 11.2 Å². The number of nitrogens with one attached hydrogen (secondary N) is 1. The number of thioether (sulfide) groups is 1. The molecule has 0 aromatic heterocycles. The minimum Gasteiger partial charge on any atom is -0.497 e. The fourth-order valence-corrected chi connectivity index (χ4v) is 2.64. The van der Waals surface area contributed by atoms with Crippen LogP contribution < -0.4 is 16.0 Å². The van der Waals surface area contributed by atoms with Crippen molar-refractivity contribution in [2.75, 3.05) is 7.11 Å². The Hall–Kier alpha value is -1.20. The number of hydrazine groups is 1. The van der Waals surface area contributed by atoms with Gasteiger partial charge in [0.1, 0.15) is 5.75 Å². The Kier molecular flexibility index (Phi) is 5.86. The van der Waals surface area contributed by atoms with Crippen molar-refractivity contribution in [3.05, 3.63) is 24.3 Å². The highest BCUT2D eigenvalue weighted by atomic mass is 32.2. The average Bonchev–Trinajstić information content (AvgIpc) is 2.37. The molecule has 5 heteroatoms. The second-order valence-corrected chi connectivity index (χ2v) is 4.86. The zero-order valence-corrected chi connectivity index (χ0v) is 10.9. The molecule has 0 heterocycles. The predicted octanol–water partition coefficient (Wildman–Crippen LogP) is 1.95. The molecular weight excluding hydrogens is 236 g/mol. The van der Waals surface area contributed by atoms with Gasteiger partial charge in [0.15, 0.2) is 0 Å². The summed E-state index contributed by atoms with van der Waals surface area (Å²) in [4.78, 5) is 12.6. The molecule has 0 aliphatic heterocycles. The highest BCUT2D eigenvalue weighted by Gasteiger charge is 2.17. The van der Waals surface area contributed by atoms with E-state index in [1.165, 1.54) is 11.8 Å². The zero-order chi connectivity index (χ0) is 12.7. The van der Waals surface area contributed by atoms with E-state index in [4.69, 9.17) is 10.6 Å². The molecular formula is C12H18N2O2S. The third-order valence-electron chi connectivity index (χ3n) is 2.31. The van der Waals surface area contributed by atoms with Crippen LogP contribution in [0.3, 0.4) is 0 Å². The van der Waals surface area contributed by atoms with Crippen LogP contribution in [-0.4, -0.2) is 18.3 Å². The molecule has 4 nitrogen and oxygen atoms in total. The summed E-state index contributed by atoms with van der Waals surface area (Å²) in [5.41, 5.74) is 2.21. The molecule has 0 fully saturated rings. The Balaban J connectivity index is 2.74. The first-order valence-corrected chi connectivity index (χ1v) is 6.40. The van der Waals surface area contributed by atoms with E-state index >= 15 is 0 Å². The highest BCUT2D eigenvalue weighted by Crippen LogP contribution is 2.28. The normalized spacial score (nSPS) is 11.9. The molecule has 0 saturated carbocycles. The van der Waals surface area contributed by atoms with Crippen LogP contribution in [0, 0.1) is 0 Å². The molecule has 1 amide bonds. The lowest BCUT2D eigenvalue weighted by molar-refractivity contribution is -0.120. The maximum atomic E-state index is 11.6. The van der Waals surface area contributed by atoms with Crippen LogP contribution in [0.15, 0.2) is 29.2 Å². The summed E-state index contributed by atoms with van der Waals surface area (Å²) in [6, 6.07) is 7.66. The Bertz CT molecular complexity index is 371. The highest BCUT2D eigenvalue weighted by molar-refractivity contribution is 8.00. The summed E-state index contributed by atoms with van der Waals surface area (Å²) in [6.45, 7) is 2.04. The number of hydrogen-bond acceptors (Lipinski definition) is 4. The maximum absolute atomic E-state index is 11.6. The number of methoxy groups -OCH3 is 1. The number of rotatable bonds is 6. The van der Waals surface area contributed by atoms with Crippen molar-refractivity contribution in [1.82, 2.24) is 5.43 Å². The molecule has 1 rings (SSSR count). The van der Waals surface area contributed by atoms with Crippen molar-refractivity contribution in [3.63, 3.8) is 0 Å². The van der Waals surface area contributed by atoms with Crippen molar-refractivity contribution in [1.29, 1.82) is 0 Å². The summed E-state index contributed by atoms with van der Waals surface area (Å²) in [5, 5.41) is -0.155. The first-order chi connectivity index (χ1) is 8.21. The molecule has 0 saturated heterocycles. The first-order valence-electron chi connectivity index (χ1n) is 5.52. The van der Waals surface area contributed by atoms with Gasteiger partial charge in [-0.25, -0.2) is 5.84 Å². The molecule has 0 aliphatic carbocycles. The van der Waals surface area contributed by atoms with Gasteiger partial charge in [0, 0.05) is 4.90 Å². The molecule has 94 valence electrons. The minimum atomic E-state index is -0.155. The van der Waals surface area contributed by atoms with E-state index in [1.807, 2.05) is 31.2 Å². The van der Waals surface area contributed by atoms with Crippen LogP contribution in [0.25, 0.3) is 0 Å². The third kappa shape index (κ3) is 4.28. The summed E-state index contributed by atoms with van der Waals surface area (Å²) < 4.78 is 5.14. The second kappa shape index (κ2) is 7.19. The largest absolute Gasteiger partial charge is 0.497 e. The van der Waals surface area contributed by atoms with Crippen molar-refractivity contribution in [2.45, 2.75) is 29.9 Å².